The van der Waals surface area contributed by atoms with Crippen LogP contribution in [0.3, 0.4) is 0 Å². The Balaban J connectivity index is 2.22. The zero-order valence-electron chi connectivity index (χ0n) is 12.0. The van der Waals surface area contributed by atoms with Gasteiger partial charge in [0.2, 0.25) is 10.0 Å². The number of hydrogen-bond acceptors (Lipinski definition) is 2. The summed E-state index contributed by atoms with van der Waals surface area (Å²) in [4.78, 5) is -0.409. The molecule has 0 aromatic heterocycles. The summed E-state index contributed by atoms with van der Waals surface area (Å²) < 4.78 is 52.2. The Labute approximate surface area is 128 Å². The molecular weight excluding hydrogens is 310 g/mol. The van der Waals surface area contributed by atoms with Crippen molar-refractivity contribution in [3.8, 4) is 0 Å². The molecule has 2 aromatic carbocycles. The lowest BCUT2D eigenvalue weighted by molar-refractivity contribution is -0.426. The van der Waals surface area contributed by atoms with Gasteiger partial charge in [-0.3, -0.25) is 0 Å². The minimum atomic E-state index is -3.97. The van der Waals surface area contributed by atoms with E-state index in [9.17, 15) is 17.2 Å². The second-order valence-electron chi connectivity index (χ2n) is 5.00. The highest BCUT2D eigenvalue weighted by Gasteiger charge is 2.25. The van der Waals surface area contributed by atoms with Gasteiger partial charge in [0.15, 0.2) is 0 Å². The Morgan fingerprint density at radius 3 is 2.18 bits per heavy atom. The van der Waals surface area contributed by atoms with Crippen LogP contribution in [-0.4, -0.2) is 26.3 Å². The summed E-state index contributed by atoms with van der Waals surface area (Å²) in [6.45, 7) is 0.102. The summed E-state index contributed by atoms with van der Waals surface area (Å²) in [6.07, 6.45) is 0. The van der Waals surface area contributed by atoms with Crippen LogP contribution in [0.1, 0.15) is 11.6 Å². The van der Waals surface area contributed by atoms with Crippen molar-refractivity contribution in [1.82, 2.24) is 4.31 Å². The van der Waals surface area contributed by atoms with Crippen LogP contribution in [0.2, 0.25) is 0 Å². The lowest BCUT2D eigenvalue weighted by Crippen LogP contribution is -2.58. The van der Waals surface area contributed by atoms with Gasteiger partial charge >= 0.3 is 0 Å². The topological polar surface area (TPSA) is 65.0 Å². The summed E-state index contributed by atoms with van der Waals surface area (Å²) in [5, 5.41) is 0. The van der Waals surface area contributed by atoms with Crippen LogP contribution in [0.5, 0.6) is 0 Å². The first-order valence-electron chi connectivity index (χ1n) is 6.61. The highest BCUT2D eigenvalue weighted by molar-refractivity contribution is 7.89. The monoisotopic (exact) mass is 327 g/mol. The molecule has 0 heterocycles. The Morgan fingerprint density at radius 1 is 1.09 bits per heavy atom. The zero-order chi connectivity index (χ0) is 16.3. The largest absolute Gasteiger partial charge is 0.350 e. The Morgan fingerprint density at radius 2 is 1.64 bits per heavy atom. The molecule has 22 heavy (non-hydrogen) atoms. The van der Waals surface area contributed by atoms with Gasteiger partial charge in [0, 0.05) is 18.7 Å². The van der Waals surface area contributed by atoms with Gasteiger partial charge in [0.25, 0.3) is 0 Å². The molecule has 0 saturated carbocycles. The molecule has 0 radical (unpaired) electrons. The van der Waals surface area contributed by atoms with E-state index < -0.39 is 26.6 Å². The molecule has 0 amide bonds. The van der Waals surface area contributed by atoms with Crippen molar-refractivity contribution in [2.24, 2.45) is 0 Å². The number of nitrogens with zero attached hydrogens (tertiary/aromatic N) is 1. The van der Waals surface area contributed by atoms with Gasteiger partial charge in [-0.1, -0.05) is 30.3 Å². The normalized spacial score (nSPS) is 13.3. The second-order valence-corrected chi connectivity index (χ2v) is 7.04. The van der Waals surface area contributed by atoms with Crippen molar-refractivity contribution in [2.75, 3.05) is 13.6 Å². The first-order valence-corrected chi connectivity index (χ1v) is 8.05. The molecule has 3 N–H and O–H groups in total. The fraction of sp³-hybridized carbons (Fsp3) is 0.200. The summed E-state index contributed by atoms with van der Waals surface area (Å²) in [6, 6.07) is 11.2. The third kappa shape index (κ3) is 3.68. The van der Waals surface area contributed by atoms with E-state index in [-0.39, 0.29) is 12.6 Å². The number of hydrogen-bond donors (Lipinski definition) is 1. The fourth-order valence-electron chi connectivity index (χ4n) is 2.10. The molecule has 2 rings (SSSR count). The maximum absolute atomic E-state index is 13.2. The van der Waals surface area contributed by atoms with Crippen LogP contribution in [0.15, 0.2) is 53.4 Å². The standard InChI is InChI=1S/C15H16F2N2O2S/c1-19(10-15(18)11-5-3-2-4-6-11)22(20,21)14-8-12(16)7-13(17)9-14/h2-9,15H,10,18H2,1H3/p+1/t15-/m0/s1. The zero-order valence-corrected chi connectivity index (χ0v) is 12.9. The van der Waals surface area contributed by atoms with Gasteiger partial charge in [0.1, 0.15) is 17.7 Å². The van der Waals surface area contributed by atoms with Crippen molar-refractivity contribution >= 4 is 10.0 Å². The molecule has 2 aromatic rings. The van der Waals surface area contributed by atoms with E-state index in [1.54, 1.807) is 0 Å². The molecule has 0 aliphatic heterocycles. The Bertz CT molecular complexity index is 731. The van der Waals surface area contributed by atoms with Crippen molar-refractivity contribution < 1.29 is 22.9 Å². The highest BCUT2D eigenvalue weighted by atomic mass is 32.2. The first-order chi connectivity index (χ1) is 10.3. The lowest BCUT2D eigenvalue weighted by Gasteiger charge is -2.19. The quantitative estimate of drug-likeness (QED) is 0.906. The van der Waals surface area contributed by atoms with Gasteiger partial charge in [-0.05, 0) is 12.1 Å². The van der Waals surface area contributed by atoms with E-state index >= 15 is 0 Å². The molecule has 1 atom stereocenters. The third-order valence-electron chi connectivity index (χ3n) is 3.29. The molecule has 0 aliphatic carbocycles. The minimum absolute atomic E-state index is 0.102. The lowest BCUT2D eigenvalue weighted by atomic mass is 10.1. The smallest absolute Gasteiger partial charge is 0.243 e. The summed E-state index contributed by atoms with van der Waals surface area (Å²) >= 11 is 0. The van der Waals surface area contributed by atoms with Gasteiger partial charge in [0.05, 0.1) is 11.4 Å². The van der Waals surface area contributed by atoms with Crippen LogP contribution in [0.4, 0.5) is 8.78 Å². The van der Waals surface area contributed by atoms with Crippen LogP contribution < -0.4 is 5.73 Å². The maximum Gasteiger partial charge on any atom is 0.243 e. The highest BCUT2D eigenvalue weighted by Crippen LogP contribution is 2.19. The van der Waals surface area contributed by atoms with Crippen LogP contribution >= 0.6 is 0 Å². The number of halogens is 2. The Hall–Kier alpha value is -1.83. The SMILES string of the molecule is CN(C[C@H]([NH3+])c1ccccc1)S(=O)(=O)c1cc(F)cc(F)c1. The van der Waals surface area contributed by atoms with Crippen LogP contribution in [0, 0.1) is 11.6 Å². The molecule has 118 valence electrons. The average molecular weight is 327 g/mol. The van der Waals surface area contributed by atoms with E-state index in [1.807, 2.05) is 30.3 Å². The molecule has 0 spiro atoms. The molecular formula is C15H17F2N2O2S+. The summed E-state index contributed by atoms with van der Waals surface area (Å²) in [5.41, 5.74) is 4.82. The van der Waals surface area contributed by atoms with E-state index in [1.165, 1.54) is 7.05 Å². The van der Waals surface area contributed by atoms with Crippen LogP contribution in [0.25, 0.3) is 0 Å². The molecule has 0 unspecified atom stereocenters. The van der Waals surface area contributed by atoms with Gasteiger partial charge in [-0.15, -0.1) is 0 Å². The van der Waals surface area contributed by atoms with Gasteiger partial charge < -0.3 is 5.73 Å². The molecule has 0 bridgehead atoms. The fourth-order valence-corrected chi connectivity index (χ4v) is 3.36. The maximum atomic E-state index is 13.2. The van der Waals surface area contributed by atoms with E-state index in [4.69, 9.17) is 0 Å². The summed E-state index contributed by atoms with van der Waals surface area (Å²) in [5.74, 6) is -1.86. The van der Waals surface area contributed by atoms with E-state index in [2.05, 4.69) is 5.73 Å². The van der Waals surface area contributed by atoms with Crippen molar-refractivity contribution in [3.05, 3.63) is 65.7 Å². The predicted molar refractivity (Wildman–Crippen MR) is 78.2 cm³/mol. The molecule has 0 aliphatic rings. The second kappa shape index (κ2) is 6.51. The predicted octanol–water partition coefficient (Wildman–Crippen LogP) is 1.57. The third-order valence-corrected chi connectivity index (χ3v) is 5.09. The molecule has 7 heteroatoms. The van der Waals surface area contributed by atoms with Crippen molar-refractivity contribution in [1.29, 1.82) is 0 Å². The minimum Gasteiger partial charge on any atom is -0.350 e. The van der Waals surface area contributed by atoms with Crippen LogP contribution in [-0.2, 0) is 10.0 Å². The van der Waals surface area contributed by atoms with Crippen molar-refractivity contribution in [3.63, 3.8) is 0 Å². The van der Waals surface area contributed by atoms with Gasteiger partial charge in [-0.25, -0.2) is 17.2 Å². The number of rotatable bonds is 5. The van der Waals surface area contributed by atoms with E-state index in [0.29, 0.717) is 6.07 Å². The average Bonchev–Trinajstić information content (AvgIpc) is 2.47. The number of benzene rings is 2. The number of likely N-dealkylation sites (N-methyl/N-ethyl adjacent to an activating group) is 1. The van der Waals surface area contributed by atoms with E-state index in [0.717, 1.165) is 22.0 Å². The number of quaternary nitrogens is 1. The summed E-state index contributed by atoms with van der Waals surface area (Å²) in [7, 11) is -2.61. The van der Waals surface area contributed by atoms with Gasteiger partial charge in [-0.2, -0.15) is 4.31 Å². The first kappa shape index (κ1) is 16.5. The molecule has 4 nitrogen and oxygen atoms in total. The molecule has 0 fully saturated rings. The number of sulfonamides is 1. The Kier molecular flexibility index (Phi) is 4.90. The van der Waals surface area contributed by atoms with Crippen molar-refractivity contribution in [2.45, 2.75) is 10.9 Å². The molecule has 0 saturated heterocycles.